The van der Waals surface area contributed by atoms with Crippen molar-refractivity contribution in [2.24, 2.45) is 11.8 Å². The van der Waals surface area contributed by atoms with E-state index < -0.39 is 0 Å². The van der Waals surface area contributed by atoms with Gasteiger partial charge in [-0.05, 0) is 11.5 Å². The van der Waals surface area contributed by atoms with E-state index in [-0.39, 0.29) is 18.6 Å². The Bertz CT molecular complexity index is 284. The van der Waals surface area contributed by atoms with Crippen LogP contribution in [0.25, 0.3) is 0 Å². The van der Waals surface area contributed by atoms with Crippen LogP contribution in [0.4, 0.5) is 0 Å². The lowest BCUT2D eigenvalue weighted by Crippen LogP contribution is -2.16. The zero-order valence-corrected chi connectivity index (χ0v) is 8.39. The first-order valence-electron chi connectivity index (χ1n) is 5.10. The highest BCUT2D eigenvalue weighted by Crippen LogP contribution is 2.37. The van der Waals surface area contributed by atoms with Gasteiger partial charge in [-0.3, -0.25) is 0 Å². The Balaban J connectivity index is 2.19. The Labute approximate surface area is 84.5 Å². The van der Waals surface area contributed by atoms with Crippen molar-refractivity contribution < 1.29 is 9.84 Å². The van der Waals surface area contributed by atoms with E-state index in [0.29, 0.717) is 5.92 Å². The van der Waals surface area contributed by atoms with Gasteiger partial charge in [0.25, 0.3) is 0 Å². The van der Waals surface area contributed by atoms with Gasteiger partial charge in [-0.25, -0.2) is 0 Å². The molecule has 14 heavy (non-hydrogen) atoms. The van der Waals surface area contributed by atoms with Crippen molar-refractivity contribution in [1.29, 1.82) is 0 Å². The molecule has 1 saturated heterocycles. The average Bonchev–Trinajstić information content (AvgIpc) is 2.61. The summed E-state index contributed by atoms with van der Waals surface area (Å²) in [6, 6.07) is 10.1. The summed E-state index contributed by atoms with van der Waals surface area (Å²) in [6.45, 7) is 3.09. The summed E-state index contributed by atoms with van der Waals surface area (Å²) in [4.78, 5) is 0. The molecule has 3 unspecified atom stereocenters. The first-order valence-corrected chi connectivity index (χ1v) is 5.10. The molecule has 0 saturated carbocycles. The maximum Gasteiger partial charge on any atom is 0.0878 e. The summed E-state index contributed by atoms with van der Waals surface area (Å²) in [5, 5.41) is 9.29. The van der Waals surface area contributed by atoms with E-state index in [9.17, 15) is 5.11 Å². The second kappa shape index (κ2) is 4.11. The van der Waals surface area contributed by atoms with Crippen LogP contribution < -0.4 is 0 Å². The molecule has 1 N–H and O–H groups in total. The van der Waals surface area contributed by atoms with Gasteiger partial charge in [-0.1, -0.05) is 37.3 Å². The zero-order chi connectivity index (χ0) is 9.97. The molecule has 2 rings (SSSR count). The van der Waals surface area contributed by atoms with Gasteiger partial charge in [-0.15, -0.1) is 0 Å². The predicted molar refractivity (Wildman–Crippen MR) is 54.9 cm³/mol. The minimum Gasteiger partial charge on any atom is -0.396 e. The SMILES string of the molecule is CC1COC(c2ccccc2)C1CO. The molecule has 0 radical (unpaired) electrons. The third-order valence-electron chi connectivity index (χ3n) is 3.00. The topological polar surface area (TPSA) is 29.5 Å². The van der Waals surface area contributed by atoms with Crippen LogP contribution in [0.2, 0.25) is 0 Å². The molecule has 2 nitrogen and oxygen atoms in total. The van der Waals surface area contributed by atoms with Crippen LogP contribution in [-0.4, -0.2) is 18.3 Å². The summed E-state index contributed by atoms with van der Waals surface area (Å²) in [6.07, 6.45) is 0.0798. The molecule has 0 bridgehead atoms. The lowest BCUT2D eigenvalue weighted by atomic mass is 9.89. The smallest absolute Gasteiger partial charge is 0.0878 e. The van der Waals surface area contributed by atoms with Crippen molar-refractivity contribution in [3.63, 3.8) is 0 Å². The molecule has 1 aromatic carbocycles. The van der Waals surface area contributed by atoms with E-state index in [1.54, 1.807) is 0 Å². The minimum atomic E-state index is 0.0798. The Morgan fingerprint density at radius 3 is 2.71 bits per heavy atom. The maximum absolute atomic E-state index is 9.29. The average molecular weight is 192 g/mol. The van der Waals surface area contributed by atoms with E-state index >= 15 is 0 Å². The maximum atomic E-state index is 9.29. The molecule has 0 spiro atoms. The molecule has 0 aromatic heterocycles. The Morgan fingerprint density at radius 1 is 1.36 bits per heavy atom. The number of benzene rings is 1. The first-order chi connectivity index (χ1) is 6.83. The van der Waals surface area contributed by atoms with Crippen LogP contribution in [0.3, 0.4) is 0 Å². The summed E-state index contributed by atoms with van der Waals surface area (Å²) in [7, 11) is 0. The molecule has 2 heteroatoms. The molecule has 1 heterocycles. The van der Waals surface area contributed by atoms with Crippen LogP contribution in [-0.2, 0) is 4.74 Å². The molecular weight excluding hydrogens is 176 g/mol. The van der Waals surface area contributed by atoms with Gasteiger partial charge in [-0.2, -0.15) is 0 Å². The summed E-state index contributed by atoms with van der Waals surface area (Å²) >= 11 is 0. The van der Waals surface area contributed by atoms with E-state index in [2.05, 4.69) is 19.1 Å². The van der Waals surface area contributed by atoms with Gasteiger partial charge in [0.1, 0.15) is 0 Å². The number of rotatable bonds is 2. The molecule has 1 aromatic rings. The molecule has 0 aliphatic carbocycles. The van der Waals surface area contributed by atoms with Crippen molar-refractivity contribution >= 4 is 0 Å². The third kappa shape index (κ3) is 1.68. The normalized spacial score (nSPS) is 32.0. The molecular formula is C12H16O2. The highest BCUT2D eigenvalue weighted by molar-refractivity contribution is 5.19. The standard InChI is InChI=1S/C12H16O2/c1-9-8-14-12(11(9)7-13)10-5-3-2-4-6-10/h2-6,9,11-13H,7-8H2,1H3. The highest BCUT2D eigenvalue weighted by atomic mass is 16.5. The fourth-order valence-electron chi connectivity index (χ4n) is 2.06. The Morgan fingerprint density at radius 2 is 2.07 bits per heavy atom. The van der Waals surface area contributed by atoms with E-state index in [4.69, 9.17) is 4.74 Å². The molecule has 1 aliphatic heterocycles. The van der Waals surface area contributed by atoms with Crippen molar-refractivity contribution in [3.05, 3.63) is 35.9 Å². The molecule has 3 atom stereocenters. The number of aliphatic hydroxyl groups is 1. The van der Waals surface area contributed by atoms with E-state index in [0.717, 1.165) is 6.61 Å². The van der Waals surface area contributed by atoms with Gasteiger partial charge in [0, 0.05) is 12.5 Å². The zero-order valence-electron chi connectivity index (χ0n) is 8.39. The van der Waals surface area contributed by atoms with Crippen LogP contribution in [0.5, 0.6) is 0 Å². The van der Waals surface area contributed by atoms with Gasteiger partial charge in [0.2, 0.25) is 0 Å². The molecule has 1 aliphatic rings. The lowest BCUT2D eigenvalue weighted by molar-refractivity contribution is 0.0719. The van der Waals surface area contributed by atoms with Gasteiger partial charge >= 0.3 is 0 Å². The third-order valence-corrected chi connectivity index (χ3v) is 3.00. The first kappa shape index (κ1) is 9.69. The summed E-state index contributed by atoms with van der Waals surface area (Å²) in [5.74, 6) is 0.697. The van der Waals surface area contributed by atoms with Crippen LogP contribution in [0.15, 0.2) is 30.3 Å². The summed E-state index contributed by atoms with van der Waals surface area (Å²) in [5.41, 5.74) is 1.18. The fourth-order valence-corrected chi connectivity index (χ4v) is 2.06. The Hall–Kier alpha value is -0.860. The van der Waals surface area contributed by atoms with Crippen molar-refractivity contribution in [2.75, 3.05) is 13.2 Å². The lowest BCUT2D eigenvalue weighted by Gasteiger charge is -2.18. The van der Waals surface area contributed by atoms with E-state index in [1.165, 1.54) is 5.56 Å². The molecule has 76 valence electrons. The quantitative estimate of drug-likeness (QED) is 0.776. The van der Waals surface area contributed by atoms with Crippen LogP contribution in [0, 0.1) is 11.8 Å². The fraction of sp³-hybridized carbons (Fsp3) is 0.500. The minimum absolute atomic E-state index is 0.0798. The summed E-state index contributed by atoms with van der Waals surface area (Å²) < 4.78 is 5.69. The van der Waals surface area contributed by atoms with Gasteiger partial charge in [0.05, 0.1) is 12.7 Å². The monoisotopic (exact) mass is 192 g/mol. The molecule has 0 amide bonds. The predicted octanol–water partition coefficient (Wildman–Crippen LogP) is 2.00. The van der Waals surface area contributed by atoms with Gasteiger partial charge in [0.15, 0.2) is 0 Å². The number of aliphatic hydroxyl groups excluding tert-OH is 1. The number of hydrogen-bond acceptors (Lipinski definition) is 2. The largest absolute Gasteiger partial charge is 0.396 e. The van der Waals surface area contributed by atoms with Crippen LogP contribution >= 0.6 is 0 Å². The highest BCUT2D eigenvalue weighted by Gasteiger charge is 2.34. The van der Waals surface area contributed by atoms with Crippen LogP contribution in [0.1, 0.15) is 18.6 Å². The van der Waals surface area contributed by atoms with Crippen molar-refractivity contribution in [1.82, 2.24) is 0 Å². The number of hydrogen-bond donors (Lipinski definition) is 1. The van der Waals surface area contributed by atoms with Gasteiger partial charge < -0.3 is 9.84 Å². The van der Waals surface area contributed by atoms with Crippen molar-refractivity contribution in [3.8, 4) is 0 Å². The van der Waals surface area contributed by atoms with E-state index in [1.807, 2.05) is 18.2 Å². The number of ether oxygens (including phenoxy) is 1. The second-order valence-electron chi connectivity index (χ2n) is 3.99. The van der Waals surface area contributed by atoms with Crippen molar-refractivity contribution in [2.45, 2.75) is 13.0 Å². The second-order valence-corrected chi connectivity index (χ2v) is 3.99. The molecule has 1 fully saturated rings. The Kier molecular flexibility index (Phi) is 2.85.